The molecule has 2 saturated heterocycles. The van der Waals surface area contributed by atoms with Gasteiger partial charge in [-0.3, -0.25) is 0 Å². The SMILES string of the molecule is CCC1NC(=O)OC12CCNCC2. The second-order valence-electron chi connectivity index (χ2n) is 3.81. The minimum Gasteiger partial charge on any atom is -0.441 e. The maximum atomic E-state index is 11.1. The van der Waals surface area contributed by atoms with Gasteiger partial charge in [0.05, 0.1) is 6.04 Å². The minimum absolute atomic E-state index is 0.210. The third-order valence-corrected chi connectivity index (χ3v) is 3.08. The Hall–Kier alpha value is -0.770. The summed E-state index contributed by atoms with van der Waals surface area (Å²) in [5.74, 6) is 0. The summed E-state index contributed by atoms with van der Waals surface area (Å²) in [6.45, 7) is 3.99. The largest absolute Gasteiger partial charge is 0.441 e. The van der Waals surface area contributed by atoms with E-state index in [-0.39, 0.29) is 17.7 Å². The summed E-state index contributed by atoms with van der Waals surface area (Å²) in [5, 5.41) is 6.15. The first-order valence-electron chi connectivity index (χ1n) is 4.97. The number of alkyl carbamates (subject to hydrolysis) is 1. The average Bonchev–Trinajstić information content (AvgIpc) is 2.43. The van der Waals surface area contributed by atoms with Crippen molar-refractivity contribution >= 4 is 6.09 Å². The molecule has 1 unspecified atom stereocenters. The highest BCUT2D eigenvalue weighted by Gasteiger charge is 2.48. The van der Waals surface area contributed by atoms with E-state index in [2.05, 4.69) is 17.6 Å². The molecule has 0 bridgehead atoms. The lowest BCUT2D eigenvalue weighted by Gasteiger charge is -2.35. The molecule has 0 aromatic heterocycles. The van der Waals surface area contributed by atoms with Crippen molar-refractivity contribution in [2.45, 2.75) is 37.8 Å². The zero-order valence-corrected chi connectivity index (χ0v) is 7.93. The molecule has 0 aromatic rings. The van der Waals surface area contributed by atoms with E-state index in [1.807, 2.05) is 0 Å². The van der Waals surface area contributed by atoms with Crippen molar-refractivity contribution in [2.24, 2.45) is 0 Å². The van der Waals surface area contributed by atoms with Crippen LogP contribution in [0.25, 0.3) is 0 Å². The smallest absolute Gasteiger partial charge is 0.408 e. The lowest BCUT2D eigenvalue weighted by Crippen LogP contribution is -2.50. The van der Waals surface area contributed by atoms with Crippen LogP contribution in [0.1, 0.15) is 26.2 Å². The average molecular weight is 184 g/mol. The topological polar surface area (TPSA) is 50.4 Å². The number of hydrogen-bond donors (Lipinski definition) is 2. The molecule has 2 aliphatic heterocycles. The second kappa shape index (κ2) is 3.18. The maximum Gasteiger partial charge on any atom is 0.408 e. The fourth-order valence-corrected chi connectivity index (χ4v) is 2.33. The molecular formula is C9H16N2O2. The molecule has 0 aliphatic carbocycles. The Kier molecular flexibility index (Phi) is 2.15. The van der Waals surface area contributed by atoms with Gasteiger partial charge in [-0.05, 0) is 19.5 Å². The molecule has 1 atom stereocenters. The van der Waals surface area contributed by atoms with E-state index in [0.717, 1.165) is 32.4 Å². The summed E-state index contributed by atoms with van der Waals surface area (Å²) in [7, 11) is 0. The van der Waals surface area contributed by atoms with Crippen molar-refractivity contribution in [3.63, 3.8) is 0 Å². The van der Waals surface area contributed by atoms with Crippen LogP contribution in [0.3, 0.4) is 0 Å². The molecule has 0 aromatic carbocycles. The molecule has 0 saturated carbocycles. The number of hydrogen-bond acceptors (Lipinski definition) is 3. The molecule has 1 amide bonds. The van der Waals surface area contributed by atoms with Crippen LogP contribution in [0, 0.1) is 0 Å². The van der Waals surface area contributed by atoms with Gasteiger partial charge in [0.2, 0.25) is 0 Å². The van der Waals surface area contributed by atoms with Crippen LogP contribution in [0.5, 0.6) is 0 Å². The Bertz CT molecular complexity index is 212. The number of carbonyl (C=O) groups excluding carboxylic acids is 1. The van der Waals surface area contributed by atoms with E-state index < -0.39 is 0 Å². The van der Waals surface area contributed by atoms with Gasteiger partial charge >= 0.3 is 6.09 Å². The molecule has 0 radical (unpaired) electrons. The van der Waals surface area contributed by atoms with Gasteiger partial charge in [0.1, 0.15) is 5.60 Å². The quantitative estimate of drug-likeness (QED) is 0.628. The Morgan fingerprint density at radius 2 is 2.23 bits per heavy atom. The fraction of sp³-hybridized carbons (Fsp3) is 0.889. The first-order chi connectivity index (χ1) is 6.27. The van der Waals surface area contributed by atoms with E-state index in [4.69, 9.17) is 4.74 Å². The predicted octanol–water partition coefficient (Wildman–Crippen LogP) is 0.627. The van der Waals surface area contributed by atoms with Gasteiger partial charge in [0.15, 0.2) is 0 Å². The maximum absolute atomic E-state index is 11.1. The van der Waals surface area contributed by atoms with Crippen LogP contribution in [0.15, 0.2) is 0 Å². The zero-order valence-electron chi connectivity index (χ0n) is 7.93. The molecule has 74 valence electrons. The second-order valence-corrected chi connectivity index (χ2v) is 3.81. The molecule has 1 spiro atoms. The number of piperidine rings is 1. The van der Waals surface area contributed by atoms with E-state index in [1.165, 1.54) is 0 Å². The predicted molar refractivity (Wildman–Crippen MR) is 48.5 cm³/mol. The lowest BCUT2D eigenvalue weighted by atomic mass is 9.84. The van der Waals surface area contributed by atoms with E-state index in [9.17, 15) is 4.79 Å². The van der Waals surface area contributed by atoms with Crippen molar-refractivity contribution in [3.8, 4) is 0 Å². The van der Waals surface area contributed by atoms with Crippen LogP contribution < -0.4 is 10.6 Å². The van der Waals surface area contributed by atoms with Gasteiger partial charge in [-0.15, -0.1) is 0 Å². The molecule has 2 fully saturated rings. The number of rotatable bonds is 1. The van der Waals surface area contributed by atoms with E-state index in [1.54, 1.807) is 0 Å². The standard InChI is InChI=1S/C9H16N2O2/c1-2-7-9(13-8(12)11-7)3-5-10-6-4-9/h7,10H,2-6H2,1H3,(H,11,12). The third-order valence-electron chi connectivity index (χ3n) is 3.08. The molecule has 2 rings (SSSR count). The summed E-state index contributed by atoms with van der Waals surface area (Å²) < 4.78 is 5.40. The molecule has 4 heteroatoms. The van der Waals surface area contributed by atoms with Gasteiger partial charge in [0.25, 0.3) is 0 Å². The highest BCUT2D eigenvalue weighted by Crippen LogP contribution is 2.32. The summed E-state index contributed by atoms with van der Waals surface area (Å²) in [6, 6.07) is 0.210. The number of ether oxygens (including phenoxy) is 1. The molecular weight excluding hydrogens is 168 g/mol. The Labute approximate surface area is 78.0 Å². The number of carbonyl (C=O) groups is 1. The monoisotopic (exact) mass is 184 g/mol. The van der Waals surface area contributed by atoms with Crippen LogP contribution in [0.2, 0.25) is 0 Å². The van der Waals surface area contributed by atoms with Crippen molar-refractivity contribution in [2.75, 3.05) is 13.1 Å². The Morgan fingerprint density at radius 1 is 1.54 bits per heavy atom. The highest BCUT2D eigenvalue weighted by molar-refractivity contribution is 5.71. The molecule has 2 aliphatic rings. The zero-order chi connectivity index (χ0) is 9.31. The van der Waals surface area contributed by atoms with Crippen molar-refractivity contribution in [1.82, 2.24) is 10.6 Å². The van der Waals surface area contributed by atoms with Crippen LogP contribution >= 0.6 is 0 Å². The first kappa shape index (κ1) is 8.81. The van der Waals surface area contributed by atoms with Crippen LogP contribution in [-0.4, -0.2) is 30.8 Å². The van der Waals surface area contributed by atoms with Crippen molar-refractivity contribution < 1.29 is 9.53 Å². The van der Waals surface area contributed by atoms with Gasteiger partial charge < -0.3 is 15.4 Å². The van der Waals surface area contributed by atoms with Crippen molar-refractivity contribution in [3.05, 3.63) is 0 Å². The van der Waals surface area contributed by atoms with Gasteiger partial charge in [-0.1, -0.05) is 6.92 Å². The van der Waals surface area contributed by atoms with Crippen molar-refractivity contribution in [1.29, 1.82) is 0 Å². The summed E-state index contributed by atoms with van der Waals surface area (Å²) in [6.07, 6.45) is 2.58. The highest BCUT2D eigenvalue weighted by atomic mass is 16.6. The summed E-state index contributed by atoms with van der Waals surface area (Å²) >= 11 is 0. The normalized spacial score (nSPS) is 31.5. The van der Waals surface area contributed by atoms with E-state index >= 15 is 0 Å². The molecule has 4 nitrogen and oxygen atoms in total. The third kappa shape index (κ3) is 1.39. The van der Waals surface area contributed by atoms with Gasteiger partial charge in [0, 0.05) is 12.8 Å². The van der Waals surface area contributed by atoms with Gasteiger partial charge in [-0.25, -0.2) is 4.79 Å². The summed E-state index contributed by atoms with van der Waals surface area (Å²) in [5.41, 5.74) is -0.211. The first-order valence-corrected chi connectivity index (χ1v) is 4.97. The molecule has 2 N–H and O–H groups in total. The van der Waals surface area contributed by atoms with Crippen LogP contribution in [-0.2, 0) is 4.74 Å². The Balaban J connectivity index is 2.13. The van der Waals surface area contributed by atoms with Gasteiger partial charge in [-0.2, -0.15) is 0 Å². The number of nitrogens with one attached hydrogen (secondary N) is 2. The van der Waals surface area contributed by atoms with E-state index in [0.29, 0.717) is 0 Å². The molecule has 2 heterocycles. The summed E-state index contributed by atoms with van der Waals surface area (Å²) in [4.78, 5) is 11.1. The lowest BCUT2D eigenvalue weighted by molar-refractivity contribution is 0.00952. The Morgan fingerprint density at radius 3 is 2.85 bits per heavy atom. The number of amides is 1. The van der Waals surface area contributed by atoms with Crippen LogP contribution in [0.4, 0.5) is 4.79 Å². The fourth-order valence-electron chi connectivity index (χ4n) is 2.33. The molecule has 13 heavy (non-hydrogen) atoms. The minimum atomic E-state index is -0.242.